The molecule has 4 nitrogen and oxygen atoms in total. The molecule has 2 aromatic rings. The fourth-order valence-corrected chi connectivity index (χ4v) is 3.25. The van der Waals surface area contributed by atoms with Crippen LogP contribution in [0.3, 0.4) is 0 Å². The molecule has 1 fully saturated rings. The molecule has 0 spiro atoms. The first-order valence-electron chi connectivity index (χ1n) is 9.10. The number of carbonyl (C=O) groups excluding carboxylic acids is 2. The summed E-state index contributed by atoms with van der Waals surface area (Å²) in [7, 11) is 0. The molecule has 0 bridgehead atoms. The fourth-order valence-electron chi connectivity index (χ4n) is 3.25. The lowest BCUT2D eigenvalue weighted by Crippen LogP contribution is -2.34. The second-order valence-corrected chi connectivity index (χ2v) is 6.68. The normalized spacial score (nSPS) is 15.1. The Morgan fingerprint density at radius 2 is 1.50 bits per heavy atom. The van der Waals surface area contributed by atoms with Crippen molar-refractivity contribution in [2.75, 3.05) is 5.32 Å². The van der Waals surface area contributed by atoms with Crippen LogP contribution in [0.15, 0.2) is 48.5 Å². The Kier molecular flexibility index (Phi) is 6.00. The topological polar surface area (TPSA) is 58.2 Å². The Morgan fingerprint density at radius 1 is 0.846 bits per heavy atom. The van der Waals surface area contributed by atoms with Crippen LogP contribution in [0.4, 0.5) is 10.1 Å². The Labute approximate surface area is 152 Å². The summed E-state index contributed by atoms with van der Waals surface area (Å²) < 4.78 is 13.7. The number of benzene rings is 2. The number of para-hydroxylation sites is 1. The van der Waals surface area contributed by atoms with Gasteiger partial charge in [0.2, 0.25) is 0 Å². The molecular formula is C21H23FN2O2. The van der Waals surface area contributed by atoms with E-state index in [0.717, 1.165) is 25.7 Å². The number of amides is 2. The van der Waals surface area contributed by atoms with Crippen molar-refractivity contribution in [3.05, 3.63) is 65.5 Å². The van der Waals surface area contributed by atoms with E-state index in [1.54, 1.807) is 36.4 Å². The minimum absolute atomic E-state index is 0.116. The molecule has 0 aliphatic heterocycles. The molecule has 2 aromatic carbocycles. The molecule has 0 heterocycles. The minimum Gasteiger partial charge on any atom is -0.349 e. The van der Waals surface area contributed by atoms with Crippen molar-refractivity contribution < 1.29 is 14.0 Å². The summed E-state index contributed by atoms with van der Waals surface area (Å²) in [5.41, 5.74) is 0.878. The average molecular weight is 354 g/mol. The molecule has 1 aliphatic carbocycles. The van der Waals surface area contributed by atoms with E-state index in [4.69, 9.17) is 0 Å². The largest absolute Gasteiger partial charge is 0.349 e. The lowest BCUT2D eigenvalue weighted by Gasteiger charge is -2.16. The van der Waals surface area contributed by atoms with Crippen LogP contribution in [0, 0.1) is 5.82 Å². The number of hydrogen-bond donors (Lipinski definition) is 2. The van der Waals surface area contributed by atoms with Crippen LogP contribution in [-0.2, 0) is 0 Å². The standard InChI is InChI=1S/C21H23FN2O2/c22-18-12-5-6-13-19(18)24-21(26)16-9-7-8-15(14-16)20(25)23-17-10-3-1-2-4-11-17/h5-9,12-14,17H,1-4,10-11H2,(H,23,25)(H,24,26). The van der Waals surface area contributed by atoms with Gasteiger partial charge in [-0.15, -0.1) is 0 Å². The third kappa shape index (κ3) is 4.69. The van der Waals surface area contributed by atoms with Crippen molar-refractivity contribution in [1.29, 1.82) is 0 Å². The number of anilines is 1. The maximum Gasteiger partial charge on any atom is 0.255 e. The van der Waals surface area contributed by atoms with Crippen LogP contribution in [-0.4, -0.2) is 17.9 Å². The summed E-state index contributed by atoms with van der Waals surface area (Å²) in [5, 5.41) is 5.61. The molecule has 1 aliphatic rings. The zero-order valence-corrected chi connectivity index (χ0v) is 14.6. The van der Waals surface area contributed by atoms with Crippen molar-refractivity contribution in [3.8, 4) is 0 Å². The van der Waals surface area contributed by atoms with Crippen LogP contribution in [0.1, 0.15) is 59.2 Å². The molecular weight excluding hydrogens is 331 g/mol. The summed E-state index contributed by atoms with van der Waals surface area (Å²) in [5.74, 6) is -1.11. The van der Waals surface area contributed by atoms with Gasteiger partial charge in [0.05, 0.1) is 5.69 Å². The first kappa shape index (κ1) is 18.1. The van der Waals surface area contributed by atoms with Gasteiger partial charge in [0, 0.05) is 17.2 Å². The van der Waals surface area contributed by atoms with Crippen molar-refractivity contribution in [1.82, 2.24) is 5.32 Å². The molecule has 2 N–H and O–H groups in total. The second kappa shape index (κ2) is 8.61. The highest BCUT2D eigenvalue weighted by Gasteiger charge is 2.17. The molecule has 3 rings (SSSR count). The van der Waals surface area contributed by atoms with Crippen molar-refractivity contribution in [3.63, 3.8) is 0 Å². The first-order chi connectivity index (χ1) is 12.6. The predicted molar refractivity (Wildman–Crippen MR) is 99.8 cm³/mol. The van der Waals surface area contributed by atoms with Crippen molar-refractivity contribution in [2.24, 2.45) is 0 Å². The quantitative estimate of drug-likeness (QED) is 0.793. The Bertz CT molecular complexity index is 783. The van der Waals surface area contributed by atoms with Gasteiger partial charge in [-0.1, -0.05) is 43.9 Å². The summed E-state index contributed by atoms with van der Waals surface area (Å²) in [6.45, 7) is 0. The highest BCUT2D eigenvalue weighted by molar-refractivity contribution is 6.06. The maximum atomic E-state index is 13.7. The number of hydrogen-bond acceptors (Lipinski definition) is 2. The molecule has 0 atom stereocenters. The number of carbonyl (C=O) groups is 2. The summed E-state index contributed by atoms with van der Waals surface area (Å²) >= 11 is 0. The molecule has 26 heavy (non-hydrogen) atoms. The van der Waals surface area contributed by atoms with E-state index in [-0.39, 0.29) is 17.6 Å². The first-order valence-corrected chi connectivity index (χ1v) is 9.10. The summed E-state index contributed by atoms with van der Waals surface area (Å²) in [6, 6.07) is 12.7. The van der Waals surface area contributed by atoms with Gasteiger partial charge >= 0.3 is 0 Å². The number of rotatable bonds is 4. The van der Waals surface area contributed by atoms with Gasteiger partial charge in [-0.3, -0.25) is 9.59 Å². The van der Waals surface area contributed by atoms with Gasteiger partial charge in [0.25, 0.3) is 11.8 Å². The SMILES string of the molecule is O=C(Nc1ccccc1F)c1cccc(C(=O)NC2CCCCCC2)c1. The Balaban J connectivity index is 1.68. The highest BCUT2D eigenvalue weighted by atomic mass is 19.1. The van der Waals surface area contributed by atoms with Gasteiger partial charge in [0.15, 0.2) is 0 Å². The van der Waals surface area contributed by atoms with E-state index in [9.17, 15) is 14.0 Å². The summed E-state index contributed by atoms with van der Waals surface area (Å²) in [4.78, 5) is 24.9. The van der Waals surface area contributed by atoms with E-state index in [1.165, 1.54) is 25.0 Å². The van der Waals surface area contributed by atoms with Gasteiger partial charge in [0.1, 0.15) is 5.82 Å². The Hall–Kier alpha value is -2.69. The molecule has 0 saturated heterocycles. The molecule has 0 aromatic heterocycles. The van der Waals surface area contributed by atoms with Crippen LogP contribution < -0.4 is 10.6 Å². The van der Waals surface area contributed by atoms with Crippen molar-refractivity contribution in [2.45, 2.75) is 44.6 Å². The van der Waals surface area contributed by atoms with Crippen LogP contribution in [0.2, 0.25) is 0 Å². The average Bonchev–Trinajstić information content (AvgIpc) is 2.92. The molecule has 136 valence electrons. The van der Waals surface area contributed by atoms with Crippen LogP contribution >= 0.6 is 0 Å². The smallest absolute Gasteiger partial charge is 0.255 e. The van der Waals surface area contributed by atoms with Gasteiger partial charge in [-0.2, -0.15) is 0 Å². The summed E-state index contributed by atoms with van der Waals surface area (Å²) in [6.07, 6.45) is 6.71. The molecule has 0 radical (unpaired) electrons. The number of nitrogens with one attached hydrogen (secondary N) is 2. The Morgan fingerprint density at radius 3 is 2.19 bits per heavy atom. The lowest BCUT2D eigenvalue weighted by molar-refractivity contribution is 0.0933. The maximum absolute atomic E-state index is 13.7. The molecule has 0 unspecified atom stereocenters. The molecule has 2 amide bonds. The third-order valence-corrected chi connectivity index (χ3v) is 4.70. The monoisotopic (exact) mass is 354 g/mol. The number of halogens is 1. The van der Waals surface area contributed by atoms with E-state index in [2.05, 4.69) is 10.6 Å². The van der Waals surface area contributed by atoms with Crippen LogP contribution in [0.5, 0.6) is 0 Å². The van der Waals surface area contributed by atoms with Gasteiger partial charge in [-0.05, 0) is 43.2 Å². The van der Waals surface area contributed by atoms with Crippen molar-refractivity contribution >= 4 is 17.5 Å². The molecule has 5 heteroatoms. The zero-order chi connectivity index (χ0) is 18.4. The van der Waals surface area contributed by atoms with E-state index in [1.807, 2.05) is 0 Å². The lowest BCUT2D eigenvalue weighted by atomic mass is 10.1. The highest BCUT2D eigenvalue weighted by Crippen LogP contribution is 2.18. The van der Waals surface area contributed by atoms with Gasteiger partial charge in [-0.25, -0.2) is 4.39 Å². The van der Waals surface area contributed by atoms with Crippen LogP contribution in [0.25, 0.3) is 0 Å². The minimum atomic E-state index is -0.497. The predicted octanol–water partition coefficient (Wildman–Crippen LogP) is 4.53. The van der Waals surface area contributed by atoms with Gasteiger partial charge < -0.3 is 10.6 Å². The van der Waals surface area contributed by atoms with E-state index >= 15 is 0 Å². The molecule has 1 saturated carbocycles. The zero-order valence-electron chi connectivity index (χ0n) is 14.6. The second-order valence-electron chi connectivity index (χ2n) is 6.68. The fraction of sp³-hybridized carbons (Fsp3) is 0.333. The third-order valence-electron chi connectivity index (χ3n) is 4.70. The van der Waals surface area contributed by atoms with E-state index in [0.29, 0.717) is 11.1 Å². The van der Waals surface area contributed by atoms with E-state index < -0.39 is 11.7 Å².